The lowest BCUT2D eigenvalue weighted by Crippen LogP contribution is -2.09. The summed E-state index contributed by atoms with van der Waals surface area (Å²) in [5.74, 6) is 0.254. The monoisotopic (exact) mass is 300 g/mol. The minimum atomic E-state index is -0.415. The summed E-state index contributed by atoms with van der Waals surface area (Å²) in [4.78, 5) is 20.3. The van der Waals surface area contributed by atoms with Crippen LogP contribution < -0.4 is 11.1 Å². The first-order chi connectivity index (χ1) is 10.2. The number of hydrogen-bond donors (Lipinski definition) is 2. The topological polar surface area (TPSA) is 98.7 Å². The van der Waals surface area contributed by atoms with E-state index in [1.165, 1.54) is 17.7 Å². The van der Waals surface area contributed by atoms with Gasteiger partial charge in [-0.15, -0.1) is 11.3 Å². The van der Waals surface area contributed by atoms with Crippen molar-refractivity contribution < 1.29 is 4.79 Å². The molecule has 0 aliphatic carbocycles. The second-order valence-electron chi connectivity index (χ2n) is 4.23. The van der Waals surface area contributed by atoms with Crippen LogP contribution in [-0.2, 0) is 6.54 Å². The summed E-state index contributed by atoms with van der Waals surface area (Å²) in [5.41, 5.74) is 6.60. The maximum Gasteiger partial charge on any atom is 0.249 e. The molecule has 21 heavy (non-hydrogen) atoms. The molecular weight excluding hydrogens is 288 g/mol. The molecule has 0 aromatic carbocycles. The number of nitrogens with two attached hydrogens (primary N) is 1. The molecule has 0 atom stereocenters. The second kappa shape index (κ2) is 5.71. The molecular formula is C13H12N6OS. The van der Waals surface area contributed by atoms with Crippen molar-refractivity contribution in [1.82, 2.24) is 19.7 Å². The van der Waals surface area contributed by atoms with Crippen LogP contribution in [0.2, 0.25) is 0 Å². The zero-order chi connectivity index (χ0) is 14.7. The number of rotatable bonds is 5. The second-order valence-corrected chi connectivity index (χ2v) is 5.23. The van der Waals surface area contributed by atoms with Crippen LogP contribution >= 0.6 is 11.3 Å². The first-order valence-electron chi connectivity index (χ1n) is 6.15. The molecule has 0 aliphatic heterocycles. The Morgan fingerprint density at radius 2 is 2.38 bits per heavy atom. The maximum absolute atomic E-state index is 11.1. The van der Waals surface area contributed by atoms with Crippen molar-refractivity contribution in [2.24, 2.45) is 5.73 Å². The van der Waals surface area contributed by atoms with Crippen LogP contribution in [0.1, 0.15) is 15.2 Å². The quantitative estimate of drug-likeness (QED) is 0.742. The van der Waals surface area contributed by atoms with E-state index in [9.17, 15) is 4.79 Å². The third-order valence-electron chi connectivity index (χ3n) is 2.81. The highest BCUT2D eigenvalue weighted by atomic mass is 32.1. The number of primary amides is 1. The predicted molar refractivity (Wildman–Crippen MR) is 79.3 cm³/mol. The highest BCUT2D eigenvalue weighted by molar-refractivity contribution is 7.10. The number of nitrogens with one attached hydrogen (secondary N) is 1. The van der Waals surface area contributed by atoms with Gasteiger partial charge in [-0.25, -0.2) is 14.6 Å². The Morgan fingerprint density at radius 3 is 3.10 bits per heavy atom. The molecule has 7 nitrogen and oxygen atoms in total. The fourth-order valence-corrected chi connectivity index (χ4v) is 2.63. The van der Waals surface area contributed by atoms with Crippen LogP contribution in [-0.4, -0.2) is 25.7 Å². The summed E-state index contributed by atoms with van der Waals surface area (Å²) in [6.07, 6.45) is 4.74. The van der Waals surface area contributed by atoms with Gasteiger partial charge < -0.3 is 11.1 Å². The minimum absolute atomic E-state index is 0.415. The summed E-state index contributed by atoms with van der Waals surface area (Å²) in [5, 5.41) is 9.10. The number of thiophene rings is 1. The molecule has 3 aromatic rings. The molecule has 0 saturated heterocycles. The number of hydrogen-bond acceptors (Lipinski definition) is 6. The van der Waals surface area contributed by atoms with E-state index >= 15 is 0 Å². The Morgan fingerprint density at radius 1 is 1.48 bits per heavy atom. The average Bonchev–Trinajstić information content (AvgIpc) is 3.17. The number of anilines is 1. The lowest BCUT2D eigenvalue weighted by Gasteiger charge is -2.09. The van der Waals surface area contributed by atoms with Crippen molar-refractivity contribution >= 4 is 22.9 Å². The molecule has 0 aliphatic rings. The van der Waals surface area contributed by atoms with Crippen molar-refractivity contribution in [3.63, 3.8) is 0 Å². The van der Waals surface area contributed by atoms with Gasteiger partial charge in [0.1, 0.15) is 12.7 Å². The molecule has 3 rings (SSSR count). The molecule has 8 heteroatoms. The van der Waals surface area contributed by atoms with E-state index < -0.39 is 5.91 Å². The van der Waals surface area contributed by atoms with Crippen molar-refractivity contribution in [1.29, 1.82) is 0 Å². The van der Waals surface area contributed by atoms with Crippen molar-refractivity contribution in [3.8, 4) is 5.82 Å². The molecule has 3 N–H and O–H groups in total. The molecule has 0 bridgehead atoms. The molecule has 3 aromatic heterocycles. The number of carbonyl (C=O) groups is 1. The molecule has 0 saturated carbocycles. The summed E-state index contributed by atoms with van der Waals surface area (Å²) < 4.78 is 1.59. The van der Waals surface area contributed by atoms with Crippen LogP contribution in [0.4, 0.5) is 5.69 Å². The van der Waals surface area contributed by atoms with Crippen LogP contribution in [0, 0.1) is 0 Å². The van der Waals surface area contributed by atoms with E-state index in [-0.39, 0.29) is 0 Å². The van der Waals surface area contributed by atoms with Gasteiger partial charge in [0.15, 0.2) is 5.82 Å². The summed E-state index contributed by atoms with van der Waals surface area (Å²) in [7, 11) is 0. The Labute approximate surface area is 124 Å². The van der Waals surface area contributed by atoms with Crippen LogP contribution in [0.15, 0.2) is 42.4 Å². The highest BCUT2D eigenvalue weighted by Crippen LogP contribution is 2.19. The number of nitrogens with zero attached hydrogens (tertiary/aromatic N) is 4. The average molecular weight is 300 g/mol. The Bertz CT molecular complexity index is 752. The SMILES string of the molecule is NC(=O)c1csc(CNc2cccnc2-n2cncn2)c1. The molecule has 3 heterocycles. The summed E-state index contributed by atoms with van der Waals surface area (Å²) >= 11 is 1.48. The zero-order valence-corrected chi connectivity index (χ0v) is 11.7. The van der Waals surface area contributed by atoms with Gasteiger partial charge in [0.05, 0.1) is 11.3 Å². The van der Waals surface area contributed by atoms with Gasteiger partial charge in [0.25, 0.3) is 0 Å². The number of aromatic nitrogens is 4. The maximum atomic E-state index is 11.1. The number of pyridine rings is 1. The van der Waals surface area contributed by atoms with Gasteiger partial charge in [0.2, 0.25) is 5.91 Å². The predicted octanol–water partition coefficient (Wildman–Crippen LogP) is 1.43. The number of carbonyl (C=O) groups excluding carboxylic acids is 1. The van der Waals surface area contributed by atoms with E-state index in [4.69, 9.17) is 5.73 Å². The highest BCUT2D eigenvalue weighted by Gasteiger charge is 2.08. The van der Waals surface area contributed by atoms with Gasteiger partial charge in [-0.3, -0.25) is 4.79 Å². The third-order valence-corrected chi connectivity index (χ3v) is 3.75. The van der Waals surface area contributed by atoms with Gasteiger partial charge in [0, 0.05) is 23.0 Å². The van der Waals surface area contributed by atoms with Gasteiger partial charge in [-0.1, -0.05) is 0 Å². The molecule has 0 spiro atoms. The number of amides is 1. The first-order valence-corrected chi connectivity index (χ1v) is 7.03. The van der Waals surface area contributed by atoms with Crippen LogP contribution in [0.3, 0.4) is 0 Å². The van der Waals surface area contributed by atoms with E-state index in [2.05, 4.69) is 20.4 Å². The van der Waals surface area contributed by atoms with Crippen LogP contribution in [0.25, 0.3) is 5.82 Å². The Balaban J connectivity index is 1.77. The van der Waals surface area contributed by atoms with Gasteiger partial charge in [-0.05, 0) is 18.2 Å². The lowest BCUT2D eigenvalue weighted by molar-refractivity contribution is 0.100. The summed E-state index contributed by atoms with van der Waals surface area (Å²) in [6.45, 7) is 0.575. The Kier molecular flexibility index (Phi) is 3.61. The largest absolute Gasteiger partial charge is 0.377 e. The van der Waals surface area contributed by atoms with Crippen molar-refractivity contribution in [2.45, 2.75) is 6.54 Å². The molecule has 0 radical (unpaired) electrons. The molecule has 1 amide bonds. The van der Waals surface area contributed by atoms with Crippen molar-refractivity contribution in [3.05, 3.63) is 52.9 Å². The van der Waals surface area contributed by atoms with Crippen LogP contribution in [0.5, 0.6) is 0 Å². The van der Waals surface area contributed by atoms with Gasteiger partial charge in [-0.2, -0.15) is 5.10 Å². The summed E-state index contributed by atoms with van der Waals surface area (Å²) in [6, 6.07) is 5.53. The van der Waals surface area contributed by atoms with Crippen molar-refractivity contribution in [2.75, 3.05) is 5.32 Å². The van der Waals surface area contributed by atoms with E-state index in [1.807, 2.05) is 12.1 Å². The standard InChI is InChI=1S/C13H12N6OS/c14-12(20)9-4-10(21-6-9)5-17-11-2-1-3-16-13(11)19-8-15-7-18-19/h1-4,6-8,17H,5H2,(H2,14,20). The molecule has 106 valence electrons. The first kappa shape index (κ1) is 13.3. The molecule has 0 fully saturated rings. The lowest BCUT2D eigenvalue weighted by atomic mass is 10.3. The fraction of sp³-hybridized carbons (Fsp3) is 0.0769. The van der Waals surface area contributed by atoms with E-state index in [1.54, 1.807) is 28.7 Å². The third kappa shape index (κ3) is 2.90. The normalized spacial score (nSPS) is 10.5. The van der Waals surface area contributed by atoms with Gasteiger partial charge >= 0.3 is 0 Å². The fourth-order valence-electron chi connectivity index (χ4n) is 1.82. The molecule has 0 unspecified atom stereocenters. The van der Waals surface area contributed by atoms with E-state index in [0.717, 1.165) is 10.6 Å². The smallest absolute Gasteiger partial charge is 0.249 e. The zero-order valence-electron chi connectivity index (χ0n) is 10.9. The Hall–Kier alpha value is -2.74. The minimum Gasteiger partial charge on any atom is -0.377 e. The van der Waals surface area contributed by atoms with E-state index in [0.29, 0.717) is 17.9 Å².